The molecule has 0 saturated heterocycles. The average molecular weight is 236 g/mol. The molecule has 1 heterocycles. The molecule has 1 aromatic heterocycles. The van der Waals surface area contributed by atoms with Crippen molar-refractivity contribution >= 4 is 23.8 Å². The molecule has 0 unspecified atom stereocenters. The van der Waals surface area contributed by atoms with Crippen molar-refractivity contribution in [3.05, 3.63) is 51.6 Å². The predicted molar refractivity (Wildman–Crippen MR) is 66.8 cm³/mol. The molecule has 0 saturated carbocycles. The molecule has 15 heavy (non-hydrogen) atoms. The average Bonchev–Trinajstić information content (AvgIpc) is 2.22. The summed E-state index contributed by atoms with van der Waals surface area (Å²) in [6.07, 6.45) is 1.84. The minimum absolute atomic E-state index is 0.774. The fourth-order valence-electron chi connectivity index (χ4n) is 1.37. The maximum atomic E-state index is 6.06. The molecule has 1 nitrogen and oxygen atoms in total. The topological polar surface area (TPSA) is 15.8 Å². The van der Waals surface area contributed by atoms with Gasteiger partial charge in [-0.1, -0.05) is 36.0 Å². The zero-order chi connectivity index (χ0) is 10.8. The number of aryl methyl sites for hydroxylation is 1. The molecule has 0 spiro atoms. The van der Waals surface area contributed by atoms with Gasteiger partial charge in [-0.3, -0.25) is 0 Å². The highest BCUT2D eigenvalue weighted by Crippen LogP contribution is 2.23. The van der Waals surface area contributed by atoms with Crippen molar-refractivity contribution in [1.82, 2.24) is 4.98 Å². The third-order valence-corrected chi connectivity index (χ3v) is 2.92. The largest absolute Gasteiger partial charge is 0.361 e. The van der Waals surface area contributed by atoms with Gasteiger partial charge in [-0.15, -0.1) is 0 Å². The second kappa shape index (κ2) is 4.17. The van der Waals surface area contributed by atoms with Crippen LogP contribution in [0.4, 0.5) is 0 Å². The summed E-state index contributed by atoms with van der Waals surface area (Å²) in [5.74, 6) is 0. The number of hydrogen-bond donors (Lipinski definition) is 1. The fraction of sp³-hybridized carbons (Fsp3) is 0.0833. The predicted octanol–water partition coefficient (Wildman–Crippen LogP) is 4.37. The molecule has 2 aromatic rings. The first-order valence-corrected chi connectivity index (χ1v) is 5.41. The Morgan fingerprint density at radius 1 is 1.20 bits per heavy atom. The van der Waals surface area contributed by atoms with Crippen LogP contribution in [-0.2, 0) is 0 Å². The molecule has 0 atom stereocenters. The molecule has 0 fully saturated rings. The van der Waals surface area contributed by atoms with Crippen LogP contribution in [-0.4, -0.2) is 4.98 Å². The number of aromatic amines is 1. The van der Waals surface area contributed by atoms with Crippen LogP contribution in [0.5, 0.6) is 0 Å². The van der Waals surface area contributed by atoms with E-state index in [1.165, 1.54) is 0 Å². The van der Waals surface area contributed by atoms with Crippen LogP contribution < -0.4 is 0 Å². The summed E-state index contributed by atoms with van der Waals surface area (Å²) in [4.78, 5) is 3.15. The van der Waals surface area contributed by atoms with Crippen molar-refractivity contribution in [2.75, 3.05) is 0 Å². The lowest BCUT2D eigenvalue weighted by Gasteiger charge is -2.04. The van der Waals surface area contributed by atoms with E-state index in [2.05, 4.69) is 4.98 Å². The van der Waals surface area contributed by atoms with E-state index in [4.69, 9.17) is 23.8 Å². The Labute approximate surface area is 98.7 Å². The normalized spacial score (nSPS) is 10.3. The quantitative estimate of drug-likeness (QED) is 0.726. The summed E-state index contributed by atoms with van der Waals surface area (Å²) >= 11 is 11.2. The molecule has 0 aliphatic rings. The van der Waals surface area contributed by atoms with Crippen molar-refractivity contribution in [3.8, 4) is 11.3 Å². The van der Waals surface area contributed by atoms with Gasteiger partial charge in [0.2, 0.25) is 0 Å². The zero-order valence-corrected chi connectivity index (χ0v) is 9.82. The number of rotatable bonds is 1. The Balaban J connectivity index is 2.55. The van der Waals surface area contributed by atoms with Crippen LogP contribution >= 0.6 is 23.8 Å². The number of halogens is 1. The summed E-state index contributed by atoms with van der Waals surface area (Å²) in [5, 5.41) is 0.774. The molecule has 0 aliphatic carbocycles. The third kappa shape index (κ3) is 2.28. The van der Waals surface area contributed by atoms with Crippen molar-refractivity contribution in [2.45, 2.75) is 6.92 Å². The van der Waals surface area contributed by atoms with Gasteiger partial charge in [-0.25, -0.2) is 0 Å². The third-order valence-electron chi connectivity index (χ3n) is 2.26. The van der Waals surface area contributed by atoms with Crippen LogP contribution in [0.3, 0.4) is 0 Å². The number of pyridine rings is 1. The van der Waals surface area contributed by atoms with E-state index in [9.17, 15) is 0 Å². The molecule has 76 valence electrons. The molecule has 0 radical (unpaired) electrons. The van der Waals surface area contributed by atoms with Gasteiger partial charge in [0, 0.05) is 21.4 Å². The molecule has 2 rings (SSSR count). The lowest BCUT2D eigenvalue weighted by atomic mass is 10.1. The lowest BCUT2D eigenvalue weighted by Crippen LogP contribution is -1.83. The van der Waals surface area contributed by atoms with E-state index in [0.717, 1.165) is 26.4 Å². The Morgan fingerprint density at radius 2 is 2.00 bits per heavy atom. The van der Waals surface area contributed by atoms with E-state index in [0.29, 0.717) is 0 Å². The van der Waals surface area contributed by atoms with Crippen LogP contribution in [0.1, 0.15) is 5.56 Å². The Bertz CT molecular complexity index is 545. The van der Waals surface area contributed by atoms with Crippen LogP contribution in [0, 0.1) is 11.4 Å². The van der Waals surface area contributed by atoms with Gasteiger partial charge in [-0.05, 0) is 36.2 Å². The van der Waals surface area contributed by atoms with Crippen molar-refractivity contribution in [3.63, 3.8) is 0 Å². The zero-order valence-electron chi connectivity index (χ0n) is 8.25. The summed E-state index contributed by atoms with van der Waals surface area (Å²) < 4.78 is 0.820. The van der Waals surface area contributed by atoms with Crippen molar-refractivity contribution in [1.29, 1.82) is 0 Å². The van der Waals surface area contributed by atoms with Crippen LogP contribution in [0.25, 0.3) is 11.3 Å². The number of hydrogen-bond acceptors (Lipinski definition) is 1. The fourth-order valence-corrected chi connectivity index (χ4v) is 1.74. The Morgan fingerprint density at radius 3 is 2.67 bits per heavy atom. The SMILES string of the molecule is Cc1ccc(-c2cc(=S)cc[nH]2)cc1Cl. The summed E-state index contributed by atoms with van der Waals surface area (Å²) in [5.41, 5.74) is 3.12. The highest BCUT2D eigenvalue weighted by molar-refractivity contribution is 7.71. The van der Waals surface area contributed by atoms with Gasteiger partial charge in [-0.2, -0.15) is 0 Å². The molecule has 1 aromatic carbocycles. The smallest absolute Gasteiger partial charge is 0.0468 e. The van der Waals surface area contributed by atoms with Gasteiger partial charge in [0.05, 0.1) is 0 Å². The molecule has 0 amide bonds. The summed E-state index contributed by atoms with van der Waals surface area (Å²) in [6, 6.07) is 9.76. The second-order valence-corrected chi connectivity index (χ2v) is 4.28. The first-order valence-electron chi connectivity index (χ1n) is 4.62. The van der Waals surface area contributed by atoms with Gasteiger partial charge < -0.3 is 4.98 Å². The van der Waals surface area contributed by atoms with Crippen molar-refractivity contribution in [2.24, 2.45) is 0 Å². The maximum Gasteiger partial charge on any atom is 0.0468 e. The maximum absolute atomic E-state index is 6.06. The first-order chi connectivity index (χ1) is 7.16. The Kier molecular flexibility index (Phi) is 2.89. The van der Waals surface area contributed by atoms with Crippen LogP contribution in [0.2, 0.25) is 5.02 Å². The van der Waals surface area contributed by atoms with Crippen molar-refractivity contribution < 1.29 is 0 Å². The second-order valence-electron chi connectivity index (χ2n) is 3.40. The molecule has 1 N–H and O–H groups in total. The molecule has 0 aliphatic heterocycles. The first kappa shape index (κ1) is 10.4. The van der Waals surface area contributed by atoms with Gasteiger partial charge in [0.1, 0.15) is 0 Å². The standard InChI is InChI=1S/C12H10ClNS/c1-8-2-3-9(6-11(8)13)12-7-10(15)4-5-14-12/h2-7H,1H3,(H,14,15). The minimum Gasteiger partial charge on any atom is -0.361 e. The number of benzene rings is 1. The van der Waals surface area contributed by atoms with Gasteiger partial charge >= 0.3 is 0 Å². The van der Waals surface area contributed by atoms with Gasteiger partial charge in [0.25, 0.3) is 0 Å². The van der Waals surface area contributed by atoms with E-state index in [1.54, 1.807) is 0 Å². The van der Waals surface area contributed by atoms with E-state index in [-0.39, 0.29) is 0 Å². The monoisotopic (exact) mass is 235 g/mol. The number of H-pyrrole nitrogens is 1. The van der Waals surface area contributed by atoms with Crippen LogP contribution in [0.15, 0.2) is 36.5 Å². The molecule has 3 heteroatoms. The van der Waals surface area contributed by atoms with E-state index in [1.807, 2.05) is 43.5 Å². The van der Waals surface area contributed by atoms with E-state index >= 15 is 0 Å². The number of nitrogens with one attached hydrogen (secondary N) is 1. The summed E-state index contributed by atoms with van der Waals surface area (Å²) in [6.45, 7) is 1.99. The van der Waals surface area contributed by atoms with E-state index < -0.39 is 0 Å². The molecular formula is C12H10ClNS. The van der Waals surface area contributed by atoms with Gasteiger partial charge in [0.15, 0.2) is 0 Å². The highest BCUT2D eigenvalue weighted by atomic mass is 35.5. The number of aromatic nitrogens is 1. The highest BCUT2D eigenvalue weighted by Gasteiger charge is 2.00. The lowest BCUT2D eigenvalue weighted by molar-refractivity contribution is 1.31. The molecular weight excluding hydrogens is 226 g/mol. The summed E-state index contributed by atoms with van der Waals surface area (Å²) in [7, 11) is 0. The molecule has 0 bridgehead atoms. The minimum atomic E-state index is 0.774. The Hall–Kier alpha value is -1.12.